The molecule has 11 heteroatoms. The summed E-state index contributed by atoms with van der Waals surface area (Å²) in [6.07, 6.45) is -0.600. The average molecular weight is 442 g/mol. The van der Waals surface area contributed by atoms with E-state index in [1.807, 2.05) is 30.3 Å². The molecule has 0 aliphatic carbocycles. The van der Waals surface area contributed by atoms with Crippen molar-refractivity contribution in [2.24, 2.45) is 5.11 Å². The van der Waals surface area contributed by atoms with Gasteiger partial charge >= 0.3 is 0 Å². The highest BCUT2D eigenvalue weighted by Crippen LogP contribution is 2.40. The molecular formula is C19H27N3O7S. The minimum Gasteiger partial charge on any atom is -0.346 e. The van der Waals surface area contributed by atoms with Gasteiger partial charge in [0.2, 0.25) is 0 Å². The molecule has 2 aliphatic heterocycles. The van der Waals surface area contributed by atoms with E-state index in [2.05, 4.69) is 10.0 Å². The number of hydrogen-bond acceptors (Lipinski definition) is 8. The summed E-state index contributed by atoms with van der Waals surface area (Å²) in [7, 11) is -3.52. The Bertz CT molecular complexity index is 858. The van der Waals surface area contributed by atoms with Crippen molar-refractivity contribution in [3.63, 3.8) is 0 Å². The molecule has 166 valence electrons. The third-order valence-corrected chi connectivity index (χ3v) is 5.43. The third kappa shape index (κ3) is 6.14. The smallest absolute Gasteiger partial charge is 0.264 e. The maximum Gasteiger partial charge on any atom is 0.264 e. The number of benzene rings is 1. The highest BCUT2D eigenvalue weighted by Gasteiger charge is 2.55. The van der Waals surface area contributed by atoms with E-state index in [9.17, 15) is 8.42 Å². The van der Waals surface area contributed by atoms with Crippen molar-refractivity contribution in [1.29, 1.82) is 0 Å². The first-order chi connectivity index (χ1) is 14.2. The fourth-order valence-electron chi connectivity index (χ4n) is 3.65. The lowest BCUT2D eigenvalue weighted by molar-refractivity contribution is -0.260. The summed E-state index contributed by atoms with van der Waals surface area (Å²) in [5, 5.41) is 3.89. The van der Waals surface area contributed by atoms with Crippen LogP contribution in [0.4, 0.5) is 0 Å². The lowest BCUT2D eigenvalue weighted by Crippen LogP contribution is -2.56. The SMILES string of the molecule is CC1(C)O[C@@H]2[C@@H](N=[N+]=[N-])[C@H](CCCOS(C)(=O)=O)O[C@@H](OCc3ccccc3)[C@@H]2O1. The Morgan fingerprint density at radius 2 is 1.90 bits per heavy atom. The summed E-state index contributed by atoms with van der Waals surface area (Å²) in [6.45, 7) is 3.88. The maximum absolute atomic E-state index is 11.2. The Hall–Kier alpha value is -1.72. The van der Waals surface area contributed by atoms with Crippen LogP contribution in [0.5, 0.6) is 0 Å². The Morgan fingerprint density at radius 1 is 1.20 bits per heavy atom. The summed E-state index contributed by atoms with van der Waals surface area (Å²) >= 11 is 0. The van der Waals surface area contributed by atoms with Gasteiger partial charge in [-0.1, -0.05) is 35.4 Å². The lowest BCUT2D eigenvalue weighted by Gasteiger charge is -2.40. The zero-order valence-corrected chi connectivity index (χ0v) is 18.0. The number of fused-ring (bicyclic) bond motifs is 1. The first-order valence-electron chi connectivity index (χ1n) is 9.74. The van der Waals surface area contributed by atoms with Gasteiger partial charge in [0.15, 0.2) is 12.1 Å². The maximum atomic E-state index is 11.2. The lowest BCUT2D eigenvalue weighted by atomic mass is 9.94. The molecule has 1 aromatic carbocycles. The Labute approximate surface area is 176 Å². The zero-order chi connectivity index (χ0) is 21.8. The predicted octanol–water partition coefficient (Wildman–Crippen LogP) is 2.88. The van der Waals surface area contributed by atoms with Crippen LogP contribution in [0, 0.1) is 0 Å². The minimum absolute atomic E-state index is 0.00810. The summed E-state index contributed by atoms with van der Waals surface area (Å²) in [5.74, 6) is -0.884. The van der Waals surface area contributed by atoms with Gasteiger partial charge in [-0.15, -0.1) is 0 Å². The molecule has 2 aliphatic rings. The second kappa shape index (κ2) is 9.61. The highest BCUT2D eigenvalue weighted by atomic mass is 32.2. The topological polar surface area (TPSA) is 129 Å². The second-order valence-electron chi connectivity index (χ2n) is 7.77. The molecule has 2 fully saturated rings. The third-order valence-electron chi connectivity index (χ3n) is 4.83. The molecule has 30 heavy (non-hydrogen) atoms. The van der Waals surface area contributed by atoms with Crippen LogP contribution < -0.4 is 0 Å². The van der Waals surface area contributed by atoms with Crippen molar-refractivity contribution < 1.29 is 31.5 Å². The molecule has 5 atom stereocenters. The number of nitrogens with zero attached hydrogens (tertiary/aromatic N) is 3. The van der Waals surface area contributed by atoms with Gasteiger partial charge < -0.3 is 18.9 Å². The number of ether oxygens (including phenoxy) is 4. The number of azide groups is 1. The molecular weight excluding hydrogens is 414 g/mol. The van der Waals surface area contributed by atoms with Gasteiger partial charge in [-0.2, -0.15) is 8.42 Å². The van der Waals surface area contributed by atoms with Gasteiger partial charge in [-0.25, -0.2) is 0 Å². The monoisotopic (exact) mass is 441 g/mol. The molecule has 0 bridgehead atoms. The first kappa shape index (κ1) is 23.0. The van der Waals surface area contributed by atoms with E-state index in [0.29, 0.717) is 19.4 Å². The van der Waals surface area contributed by atoms with Crippen molar-refractivity contribution in [2.45, 2.75) is 69.7 Å². The normalized spacial score (nSPS) is 30.4. The van der Waals surface area contributed by atoms with Gasteiger partial charge in [0.1, 0.15) is 12.2 Å². The van der Waals surface area contributed by atoms with E-state index < -0.39 is 46.5 Å². The van der Waals surface area contributed by atoms with E-state index in [0.717, 1.165) is 11.8 Å². The van der Waals surface area contributed by atoms with Crippen LogP contribution in [0.1, 0.15) is 32.3 Å². The predicted molar refractivity (Wildman–Crippen MR) is 107 cm³/mol. The molecule has 0 spiro atoms. The highest BCUT2D eigenvalue weighted by molar-refractivity contribution is 7.85. The van der Waals surface area contributed by atoms with Crippen LogP contribution in [0.2, 0.25) is 0 Å². The van der Waals surface area contributed by atoms with Gasteiger partial charge in [0, 0.05) is 4.91 Å². The van der Waals surface area contributed by atoms with Crippen LogP contribution in [0.3, 0.4) is 0 Å². The molecule has 0 saturated carbocycles. The number of rotatable bonds is 9. The van der Waals surface area contributed by atoms with Crippen LogP contribution in [-0.4, -0.2) is 57.7 Å². The molecule has 0 amide bonds. The van der Waals surface area contributed by atoms with Crippen molar-refractivity contribution in [2.75, 3.05) is 12.9 Å². The van der Waals surface area contributed by atoms with Gasteiger partial charge in [-0.3, -0.25) is 4.18 Å². The van der Waals surface area contributed by atoms with Crippen LogP contribution in [0.25, 0.3) is 10.4 Å². The molecule has 0 aromatic heterocycles. The number of hydrogen-bond donors (Lipinski definition) is 0. The van der Waals surface area contributed by atoms with Crippen LogP contribution in [-0.2, 0) is 39.9 Å². The van der Waals surface area contributed by atoms with Crippen molar-refractivity contribution >= 4 is 10.1 Å². The largest absolute Gasteiger partial charge is 0.346 e. The molecule has 0 N–H and O–H groups in total. The van der Waals surface area contributed by atoms with Gasteiger partial charge in [0.05, 0.1) is 31.6 Å². The fraction of sp³-hybridized carbons (Fsp3) is 0.684. The molecule has 3 rings (SSSR count). The van der Waals surface area contributed by atoms with Crippen LogP contribution in [0.15, 0.2) is 35.4 Å². The summed E-state index contributed by atoms with van der Waals surface area (Å²) in [5.41, 5.74) is 10.0. The first-order valence-corrected chi connectivity index (χ1v) is 11.6. The molecule has 10 nitrogen and oxygen atoms in total. The van der Waals surface area contributed by atoms with E-state index in [-0.39, 0.29) is 6.61 Å². The summed E-state index contributed by atoms with van der Waals surface area (Å²) in [4.78, 5) is 2.95. The van der Waals surface area contributed by atoms with Crippen LogP contribution >= 0.6 is 0 Å². The fourth-order valence-corrected chi connectivity index (χ4v) is 4.07. The van der Waals surface area contributed by atoms with Gasteiger partial charge in [0.25, 0.3) is 10.1 Å². The molecule has 2 saturated heterocycles. The Balaban J connectivity index is 1.72. The van der Waals surface area contributed by atoms with E-state index in [1.54, 1.807) is 13.8 Å². The average Bonchev–Trinajstić information content (AvgIpc) is 3.01. The van der Waals surface area contributed by atoms with E-state index in [1.165, 1.54) is 0 Å². The summed E-state index contributed by atoms with van der Waals surface area (Å²) < 4.78 is 51.3. The Morgan fingerprint density at radius 3 is 2.57 bits per heavy atom. The van der Waals surface area contributed by atoms with Crippen molar-refractivity contribution in [1.82, 2.24) is 0 Å². The minimum atomic E-state index is -3.52. The van der Waals surface area contributed by atoms with Gasteiger partial charge in [-0.05, 0) is 37.8 Å². The van der Waals surface area contributed by atoms with Crippen molar-refractivity contribution in [3.05, 3.63) is 46.3 Å². The standard InChI is InChI=1S/C19H27N3O7S/c1-19(2)28-16-15(21-22-20)14(10-7-11-26-30(3,23)24)27-18(17(16)29-19)25-12-13-8-5-4-6-9-13/h4-6,8-9,14-18H,7,10-12H2,1-3H3/t14-,15-,16+,17+,18+/m0/s1. The second-order valence-corrected chi connectivity index (χ2v) is 9.41. The summed E-state index contributed by atoms with van der Waals surface area (Å²) in [6, 6.07) is 9.01. The van der Waals surface area contributed by atoms with Crippen molar-refractivity contribution in [3.8, 4) is 0 Å². The quantitative estimate of drug-likeness (QED) is 0.189. The van der Waals surface area contributed by atoms with E-state index in [4.69, 9.17) is 28.7 Å². The molecule has 0 radical (unpaired) electrons. The Kier molecular flexibility index (Phi) is 7.35. The molecule has 2 heterocycles. The molecule has 0 unspecified atom stereocenters. The zero-order valence-electron chi connectivity index (χ0n) is 17.2. The molecule has 1 aromatic rings. The van der Waals surface area contributed by atoms with E-state index >= 15 is 0 Å².